The average molecular weight is 309 g/mol. The van der Waals surface area contributed by atoms with Gasteiger partial charge in [0.25, 0.3) is 5.91 Å². The van der Waals surface area contributed by atoms with Crippen LogP contribution < -0.4 is 5.32 Å². The molecule has 1 aliphatic rings. The molecule has 1 amide bonds. The fourth-order valence-corrected chi connectivity index (χ4v) is 2.68. The van der Waals surface area contributed by atoms with Crippen LogP contribution in [0.1, 0.15) is 48.8 Å². The zero-order valence-corrected chi connectivity index (χ0v) is 13.2. The van der Waals surface area contributed by atoms with Gasteiger partial charge < -0.3 is 15.2 Å². The van der Waals surface area contributed by atoms with Crippen molar-refractivity contribution in [2.75, 3.05) is 13.2 Å². The Labute approximate surface area is 129 Å². The highest BCUT2D eigenvalue weighted by Gasteiger charge is 2.27. The number of carbonyl (C=O) groups excluding carboxylic acids is 1. The van der Waals surface area contributed by atoms with E-state index >= 15 is 0 Å². The van der Waals surface area contributed by atoms with Crippen molar-refractivity contribution in [3.05, 3.63) is 17.5 Å². The minimum absolute atomic E-state index is 0.188. The summed E-state index contributed by atoms with van der Waals surface area (Å²) in [6, 6.07) is -0.672. The molecule has 2 heterocycles. The molecule has 0 saturated carbocycles. The molecule has 0 spiro atoms. The number of ether oxygens (including phenoxy) is 1. The molecular weight excluding hydrogens is 286 g/mol. The molecule has 0 aliphatic carbocycles. The van der Waals surface area contributed by atoms with E-state index in [1.165, 1.54) is 6.20 Å². The van der Waals surface area contributed by atoms with E-state index in [1.807, 2.05) is 11.6 Å². The Kier molecular flexibility index (Phi) is 5.18. The predicted octanol–water partition coefficient (Wildman–Crippen LogP) is 1.38. The summed E-state index contributed by atoms with van der Waals surface area (Å²) < 4.78 is 7.18. The van der Waals surface area contributed by atoms with Gasteiger partial charge in [0.15, 0.2) is 0 Å². The minimum Gasteiger partial charge on any atom is -0.480 e. The smallest absolute Gasteiger partial charge is 0.326 e. The molecule has 1 atom stereocenters. The molecule has 1 saturated heterocycles. The van der Waals surface area contributed by atoms with Crippen LogP contribution in [0.15, 0.2) is 6.20 Å². The molecule has 0 aromatic carbocycles. The number of amides is 1. The number of hydrogen-bond donors (Lipinski definition) is 2. The summed E-state index contributed by atoms with van der Waals surface area (Å²) in [7, 11) is 0. The van der Waals surface area contributed by atoms with Gasteiger partial charge in [-0.3, -0.25) is 9.48 Å². The second-order valence-electron chi connectivity index (χ2n) is 5.97. The summed E-state index contributed by atoms with van der Waals surface area (Å²) >= 11 is 0. The SMILES string of the molecule is Cc1c(C(=O)NC(C(=O)O)C(C)C)cnn1C1CCOCC1. The Bertz CT molecular complexity index is 547. The maximum absolute atomic E-state index is 12.3. The van der Waals surface area contributed by atoms with Crippen molar-refractivity contribution in [1.29, 1.82) is 0 Å². The number of carbonyl (C=O) groups is 2. The number of nitrogens with one attached hydrogen (secondary N) is 1. The Balaban J connectivity index is 2.13. The first kappa shape index (κ1) is 16.5. The molecule has 1 fully saturated rings. The van der Waals surface area contributed by atoms with Crippen molar-refractivity contribution in [3.63, 3.8) is 0 Å². The lowest BCUT2D eigenvalue weighted by Crippen LogP contribution is -2.44. The second kappa shape index (κ2) is 6.91. The summed E-state index contributed by atoms with van der Waals surface area (Å²) in [4.78, 5) is 23.5. The van der Waals surface area contributed by atoms with Gasteiger partial charge in [0.1, 0.15) is 6.04 Å². The molecule has 1 aliphatic heterocycles. The highest BCUT2D eigenvalue weighted by atomic mass is 16.5. The maximum atomic E-state index is 12.3. The van der Waals surface area contributed by atoms with Gasteiger partial charge in [-0.1, -0.05) is 13.8 Å². The van der Waals surface area contributed by atoms with Crippen molar-refractivity contribution in [2.24, 2.45) is 5.92 Å². The Morgan fingerprint density at radius 1 is 1.41 bits per heavy atom. The van der Waals surface area contributed by atoms with Gasteiger partial charge in [-0.2, -0.15) is 5.10 Å². The monoisotopic (exact) mass is 309 g/mol. The van der Waals surface area contributed by atoms with Gasteiger partial charge in [0.2, 0.25) is 0 Å². The van der Waals surface area contributed by atoms with Crippen LogP contribution in [0.25, 0.3) is 0 Å². The van der Waals surface area contributed by atoms with Gasteiger partial charge in [0.05, 0.1) is 17.8 Å². The highest BCUT2D eigenvalue weighted by Crippen LogP contribution is 2.23. The molecule has 22 heavy (non-hydrogen) atoms. The lowest BCUT2D eigenvalue weighted by atomic mass is 10.0. The lowest BCUT2D eigenvalue weighted by molar-refractivity contribution is -0.140. The van der Waals surface area contributed by atoms with E-state index in [0.717, 1.165) is 18.5 Å². The van der Waals surface area contributed by atoms with E-state index < -0.39 is 17.9 Å². The topological polar surface area (TPSA) is 93.5 Å². The first-order valence-corrected chi connectivity index (χ1v) is 7.57. The van der Waals surface area contributed by atoms with Gasteiger partial charge in [-0.15, -0.1) is 0 Å². The van der Waals surface area contributed by atoms with E-state index in [0.29, 0.717) is 18.8 Å². The Morgan fingerprint density at radius 2 is 2.05 bits per heavy atom. The molecule has 0 bridgehead atoms. The standard InChI is InChI=1S/C15H23N3O4/c1-9(2)13(15(20)21)17-14(19)12-8-16-18(10(12)3)11-4-6-22-7-5-11/h8-9,11,13H,4-7H2,1-3H3,(H,17,19)(H,20,21). The molecule has 2 rings (SSSR count). The summed E-state index contributed by atoms with van der Waals surface area (Å²) in [5, 5.41) is 16.1. The van der Waals surface area contributed by atoms with Crippen molar-refractivity contribution in [3.8, 4) is 0 Å². The minimum atomic E-state index is -1.03. The third-order valence-electron chi connectivity index (χ3n) is 4.05. The van der Waals surface area contributed by atoms with Crippen molar-refractivity contribution >= 4 is 11.9 Å². The normalized spacial score (nSPS) is 17.5. The third-order valence-corrected chi connectivity index (χ3v) is 4.05. The maximum Gasteiger partial charge on any atom is 0.326 e. The number of nitrogens with zero attached hydrogens (tertiary/aromatic N) is 2. The fourth-order valence-electron chi connectivity index (χ4n) is 2.68. The molecule has 7 heteroatoms. The summed E-state index contributed by atoms with van der Waals surface area (Å²) in [6.45, 7) is 6.75. The molecule has 0 radical (unpaired) electrons. The van der Waals surface area contributed by atoms with Crippen LogP contribution in [-0.2, 0) is 9.53 Å². The zero-order chi connectivity index (χ0) is 16.3. The van der Waals surface area contributed by atoms with Crippen LogP contribution in [0.5, 0.6) is 0 Å². The first-order chi connectivity index (χ1) is 10.4. The molecule has 1 unspecified atom stereocenters. The molecule has 2 N–H and O–H groups in total. The number of aliphatic carboxylic acids is 1. The molecule has 122 valence electrons. The molecule has 1 aromatic heterocycles. The van der Waals surface area contributed by atoms with Gasteiger partial charge in [-0.25, -0.2) is 4.79 Å². The number of carboxylic acids is 1. The predicted molar refractivity (Wildman–Crippen MR) is 79.8 cm³/mol. The van der Waals surface area contributed by atoms with Crippen LogP contribution in [0.2, 0.25) is 0 Å². The van der Waals surface area contributed by atoms with Crippen molar-refractivity contribution in [1.82, 2.24) is 15.1 Å². The number of rotatable bonds is 5. The van der Waals surface area contributed by atoms with Crippen molar-refractivity contribution in [2.45, 2.75) is 45.7 Å². The highest BCUT2D eigenvalue weighted by molar-refractivity contribution is 5.97. The molecule has 7 nitrogen and oxygen atoms in total. The van der Waals surface area contributed by atoms with E-state index in [4.69, 9.17) is 9.84 Å². The Hall–Kier alpha value is -1.89. The third kappa shape index (κ3) is 3.47. The van der Waals surface area contributed by atoms with Gasteiger partial charge in [-0.05, 0) is 25.7 Å². The van der Waals surface area contributed by atoms with Crippen LogP contribution in [0.3, 0.4) is 0 Å². The van der Waals surface area contributed by atoms with E-state index in [9.17, 15) is 9.59 Å². The van der Waals surface area contributed by atoms with Crippen LogP contribution >= 0.6 is 0 Å². The number of aromatic nitrogens is 2. The van der Waals surface area contributed by atoms with Crippen LogP contribution in [0.4, 0.5) is 0 Å². The van der Waals surface area contributed by atoms with E-state index in [1.54, 1.807) is 13.8 Å². The average Bonchev–Trinajstić information content (AvgIpc) is 2.86. The van der Waals surface area contributed by atoms with Gasteiger partial charge >= 0.3 is 5.97 Å². The molecule has 1 aromatic rings. The first-order valence-electron chi connectivity index (χ1n) is 7.57. The fraction of sp³-hybridized carbons (Fsp3) is 0.667. The van der Waals surface area contributed by atoms with Crippen LogP contribution in [-0.4, -0.2) is 46.0 Å². The summed E-state index contributed by atoms with van der Waals surface area (Å²) in [5.41, 5.74) is 1.19. The largest absolute Gasteiger partial charge is 0.480 e. The van der Waals surface area contributed by atoms with Gasteiger partial charge in [0, 0.05) is 18.9 Å². The summed E-state index contributed by atoms with van der Waals surface area (Å²) in [5.74, 6) is -1.61. The zero-order valence-electron chi connectivity index (χ0n) is 13.2. The summed E-state index contributed by atoms with van der Waals surface area (Å²) in [6.07, 6.45) is 3.25. The molecular formula is C15H23N3O4. The van der Waals surface area contributed by atoms with Crippen LogP contribution in [0, 0.1) is 12.8 Å². The lowest BCUT2D eigenvalue weighted by Gasteiger charge is -2.23. The quantitative estimate of drug-likeness (QED) is 0.857. The van der Waals surface area contributed by atoms with Crippen molar-refractivity contribution < 1.29 is 19.4 Å². The second-order valence-corrected chi connectivity index (χ2v) is 5.97. The van der Waals surface area contributed by atoms with E-state index in [2.05, 4.69) is 10.4 Å². The number of carboxylic acid groups (broad SMARTS) is 1. The number of hydrogen-bond acceptors (Lipinski definition) is 4. The Morgan fingerprint density at radius 3 is 2.59 bits per heavy atom. The van der Waals surface area contributed by atoms with E-state index in [-0.39, 0.29) is 12.0 Å².